The van der Waals surface area contributed by atoms with Crippen molar-refractivity contribution in [2.75, 3.05) is 26.9 Å². The molecule has 6 fully saturated rings. The number of rotatable bonds is 8. The fourth-order valence-corrected chi connectivity index (χ4v) is 13.7. The lowest BCUT2D eigenvalue weighted by Crippen LogP contribution is -2.69. The molecule has 2 aliphatic heterocycles. The third kappa shape index (κ3) is 6.29. The van der Waals surface area contributed by atoms with E-state index in [9.17, 15) is 55.5 Å². The predicted molar refractivity (Wildman–Crippen MR) is 201 cm³/mol. The molecule has 0 spiro atoms. The molecule has 0 aromatic heterocycles. The van der Waals surface area contributed by atoms with Crippen molar-refractivity contribution < 1.29 is 79.2 Å². The molecular weight excluding hydrogens is 760 g/mol. The van der Waals surface area contributed by atoms with Gasteiger partial charge in [-0.25, -0.2) is 0 Å². The molecule has 0 radical (unpaired) electrons. The molecule has 4 saturated carbocycles. The summed E-state index contributed by atoms with van der Waals surface area (Å²) in [6, 6.07) is 0. The summed E-state index contributed by atoms with van der Waals surface area (Å²) in [5.74, 6) is -2.01. The van der Waals surface area contributed by atoms with E-state index < -0.39 is 102 Å². The fourth-order valence-electron chi connectivity index (χ4n) is 13.7. The number of methoxy groups -OCH3 is 1. The van der Waals surface area contributed by atoms with Gasteiger partial charge < -0.3 is 69.6 Å². The van der Waals surface area contributed by atoms with Gasteiger partial charge in [0.15, 0.2) is 18.0 Å². The van der Waals surface area contributed by atoms with Gasteiger partial charge in [0.2, 0.25) is 0 Å². The van der Waals surface area contributed by atoms with Crippen LogP contribution in [0.15, 0.2) is 11.6 Å². The van der Waals surface area contributed by atoms with Gasteiger partial charge >= 0.3 is 11.9 Å². The van der Waals surface area contributed by atoms with Gasteiger partial charge in [0.25, 0.3) is 0 Å². The molecule has 7 aliphatic rings. The Bertz CT molecular complexity index is 1610. The molecule has 58 heavy (non-hydrogen) atoms. The summed E-state index contributed by atoms with van der Waals surface area (Å²) in [5, 5.41) is 96.4. The number of esters is 1. The number of carbonyl (C=O) groups is 2. The molecule has 20 atom stereocenters. The fraction of sp³-hybridized carbons (Fsp3) is 0.905. The first kappa shape index (κ1) is 44.3. The highest BCUT2D eigenvalue weighted by molar-refractivity contribution is 5.99. The van der Waals surface area contributed by atoms with Crippen LogP contribution in [0.3, 0.4) is 0 Å². The molecule has 9 N–H and O–H groups in total. The monoisotopic (exact) mass is 826 g/mol. The van der Waals surface area contributed by atoms with E-state index in [1.807, 2.05) is 6.92 Å². The highest BCUT2D eigenvalue weighted by atomic mass is 16.7. The number of hydrogen-bond donors (Lipinski definition) is 9. The minimum Gasteiger partial charge on any atom is -0.480 e. The molecule has 14 unspecified atom stereocenters. The summed E-state index contributed by atoms with van der Waals surface area (Å²) in [7, 11) is 1.25. The van der Waals surface area contributed by atoms with Crippen LogP contribution >= 0.6 is 0 Å². The average Bonchev–Trinajstić information content (AvgIpc) is 3.18. The van der Waals surface area contributed by atoms with Gasteiger partial charge in [-0.3, -0.25) is 9.59 Å². The van der Waals surface area contributed by atoms with E-state index in [0.717, 1.165) is 19.3 Å². The first-order chi connectivity index (χ1) is 27.1. The van der Waals surface area contributed by atoms with Crippen molar-refractivity contribution in [3.05, 3.63) is 11.6 Å². The molecule has 16 nitrogen and oxygen atoms in total. The molecule has 330 valence electrons. The Kier molecular flexibility index (Phi) is 11.6. The second-order valence-corrected chi connectivity index (χ2v) is 20.1. The van der Waals surface area contributed by atoms with E-state index in [1.54, 1.807) is 0 Å². The molecule has 0 aromatic carbocycles. The number of fused-ring (bicyclic) bond motifs is 7. The zero-order chi connectivity index (χ0) is 42.5. The Morgan fingerprint density at radius 1 is 0.810 bits per heavy atom. The Hall–Kier alpha value is -1.80. The van der Waals surface area contributed by atoms with Crippen molar-refractivity contribution in [3.8, 4) is 0 Å². The van der Waals surface area contributed by atoms with Gasteiger partial charge in [0.1, 0.15) is 42.7 Å². The highest BCUT2D eigenvalue weighted by Crippen LogP contribution is 2.76. The second kappa shape index (κ2) is 15.2. The highest BCUT2D eigenvalue weighted by Gasteiger charge is 2.71. The number of carboxylic acids is 1. The van der Waals surface area contributed by atoms with Crippen molar-refractivity contribution in [3.63, 3.8) is 0 Å². The van der Waals surface area contributed by atoms with Crippen LogP contribution in [0.5, 0.6) is 0 Å². The van der Waals surface area contributed by atoms with E-state index in [4.69, 9.17) is 23.7 Å². The smallest absolute Gasteiger partial charge is 0.323 e. The number of aliphatic hydroxyl groups excluding tert-OH is 8. The van der Waals surface area contributed by atoms with E-state index in [0.29, 0.717) is 25.7 Å². The second-order valence-electron chi connectivity index (χ2n) is 20.1. The number of aliphatic carboxylic acids is 1. The Morgan fingerprint density at radius 3 is 2.12 bits per heavy atom. The molecule has 16 heteroatoms. The molecule has 7 rings (SSSR count). The number of carboxylic acid groups (broad SMARTS) is 1. The van der Waals surface area contributed by atoms with E-state index in [-0.39, 0.29) is 60.1 Å². The summed E-state index contributed by atoms with van der Waals surface area (Å²) in [6.07, 6.45) is -8.31. The Balaban J connectivity index is 1.11. The van der Waals surface area contributed by atoms with E-state index in [2.05, 4.69) is 33.8 Å². The van der Waals surface area contributed by atoms with Crippen molar-refractivity contribution in [2.24, 2.45) is 50.2 Å². The van der Waals surface area contributed by atoms with E-state index >= 15 is 0 Å². The maximum absolute atomic E-state index is 13.1. The quantitative estimate of drug-likeness (QED) is 0.0703. The minimum absolute atomic E-state index is 0.0745. The maximum atomic E-state index is 13.1. The predicted octanol–water partition coefficient (Wildman–Crippen LogP) is 0.617. The SMILES string of the molecule is COC(=O)[C@@]1(C(=O)O)CC[C@]2(C)CC[C@]3(C)C(=CCC4[C@@]5(C)CC(O)C(OC6OCC(OC7OC(CO)C(O)C(O)C7O)C(O)C6O)[C@@](C)(CO)C5CC[C@]43C)C2C1. The van der Waals surface area contributed by atoms with Crippen LogP contribution in [-0.2, 0) is 33.3 Å². The molecule has 0 aromatic rings. The van der Waals surface area contributed by atoms with Crippen LogP contribution in [0.25, 0.3) is 0 Å². The van der Waals surface area contributed by atoms with E-state index in [1.165, 1.54) is 12.7 Å². The standard InChI is InChI=1S/C42H66O16/c1-37-11-13-40(4)20(21(37)15-42(14-12-37,35(51)52)36(53)54-6)7-8-26-38(2)16-22(45)32(39(3,19-44)25(38)9-10-41(26,40)5)58-33-30(49)28(47)24(18-55-33)57-34-31(50)29(48)27(46)23(17-43)56-34/h7,21-34,43-50H,8-19H2,1-6H3,(H,51,52)/t21?,22?,23?,24?,25?,26?,27?,28?,29?,30?,31?,32?,33?,34?,37-,38-,39-,40+,41+,42-/m0/s1. The normalized spacial score (nSPS) is 54.2. The van der Waals surface area contributed by atoms with Crippen molar-refractivity contribution in [1.29, 1.82) is 0 Å². The van der Waals surface area contributed by atoms with Gasteiger partial charge in [-0.2, -0.15) is 0 Å². The van der Waals surface area contributed by atoms with Crippen LogP contribution in [0.4, 0.5) is 0 Å². The number of aliphatic hydroxyl groups is 8. The van der Waals surface area contributed by atoms with Crippen molar-refractivity contribution in [1.82, 2.24) is 0 Å². The summed E-state index contributed by atoms with van der Waals surface area (Å²) in [4.78, 5) is 25.9. The first-order valence-electron chi connectivity index (χ1n) is 21.0. The molecule has 2 heterocycles. The Morgan fingerprint density at radius 2 is 1.48 bits per heavy atom. The van der Waals surface area contributed by atoms with Crippen molar-refractivity contribution in [2.45, 2.75) is 160 Å². The van der Waals surface area contributed by atoms with Crippen molar-refractivity contribution >= 4 is 11.9 Å². The number of allylic oxidation sites excluding steroid dienone is 2. The number of ether oxygens (including phenoxy) is 5. The molecule has 5 aliphatic carbocycles. The summed E-state index contributed by atoms with van der Waals surface area (Å²) in [5.41, 5.74) is -2.59. The topological polar surface area (TPSA) is 262 Å². The molecule has 0 amide bonds. The molecule has 2 saturated heterocycles. The van der Waals surface area contributed by atoms with Gasteiger partial charge in [0.05, 0.1) is 39.1 Å². The third-order valence-electron chi connectivity index (χ3n) is 17.5. The third-order valence-corrected chi connectivity index (χ3v) is 17.5. The van der Waals surface area contributed by atoms with Crippen LogP contribution in [0.2, 0.25) is 0 Å². The zero-order valence-electron chi connectivity index (χ0n) is 34.5. The minimum atomic E-state index is -1.73. The van der Waals surface area contributed by atoms with Gasteiger partial charge in [0, 0.05) is 5.41 Å². The van der Waals surface area contributed by atoms with Crippen LogP contribution < -0.4 is 0 Å². The summed E-state index contributed by atoms with van der Waals surface area (Å²) >= 11 is 0. The zero-order valence-corrected chi connectivity index (χ0v) is 34.5. The maximum Gasteiger partial charge on any atom is 0.323 e. The largest absolute Gasteiger partial charge is 0.480 e. The number of hydrogen-bond acceptors (Lipinski definition) is 15. The van der Waals surface area contributed by atoms with Gasteiger partial charge in [-0.15, -0.1) is 0 Å². The average molecular weight is 827 g/mol. The van der Waals surface area contributed by atoms with Crippen LogP contribution in [0.1, 0.15) is 92.4 Å². The Labute approximate surface area is 339 Å². The van der Waals surface area contributed by atoms with Gasteiger partial charge in [-0.05, 0) is 97.2 Å². The first-order valence-corrected chi connectivity index (χ1v) is 21.0. The summed E-state index contributed by atoms with van der Waals surface area (Å²) in [6.45, 7) is 9.61. The van der Waals surface area contributed by atoms with Gasteiger partial charge in [-0.1, -0.05) is 46.3 Å². The lowest BCUT2D eigenvalue weighted by Gasteiger charge is -2.72. The molecule has 0 bridgehead atoms. The lowest BCUT2D eigenvalue weighted by molar-refractivity contribution is -0.357. The number of carbonyl (C=O) groups excluding carboxylic acids is 1. The van der Waals surface area contributed by atoms with Crippen LogP contribution in [0, 0.1) is 50.2 Å². The lowest BCUT2D eigenvalue weighted by atomic mass is 9.33. The molecular formula is C42H66O16. The van der Waals surface area contributed by atoms with Crippen LogP contribution in [-0.4, -0.2) is 152 Å². The summed E-state index contributed by atoms with van der Waals surface area (Å²) < 4.78 is 28.4.